The fraction of sp³-hybridized carbons (Fsp3) is 0.650. The zero-order valence-electron chi connectivity index (χ0n) is 16.2. The van der Waals surface area contributed by atoms with Gasteiger partial charge in [-0.3, -0.25) is 4.79 Å². The van der Waals surface area contributed by atoms with Gasteiger partial charge in [0.05, 0.1) is 5.56 Å². The lowest BCUT2D eigenvalue weighted by molar-refractivity contribution is -0.119. The second-order valence-electron chi connectivity index (χ2n) is 8.08. The quantitative estimate of drug-likeness (QED) is 0.537. The van der Waals surface area contributed by atoms with E-state index in [4.69, 9.17) is 12.2 Å². The molecule has 0 bridgehead atoms. The number of hydrogen-bond donors (Lipinski definition) is 2. The minimum Gasteiger partial charge on any atom is -0.323 e. The number of amides is 1. The zero-order valence-corrected chi connectivity index (χ0v) is 17.8. The van der Waals surface area contributed by atoms with Crippen molar-refractivity contribution in [3.8, 4) is 6.07 Å². The Morgan fingerprint density at radius 3 is 2.73 bits per heavy atom. The summed E-state index contributed by atoms with van der Waals surface area (Å²) in [6.07, 6.45) is 6.53. The van der Waals surface area contributed by atoms with Crippen molar-refractivity contribution < 1.29 is 4.79 Å². The van der Waals surface area contributed by atoms with Crippen molar-refractivity contribution in [2.75, 3.05) is 5.32 Å². The molecule has 1 aliphatic carbocycles. The van der Waals surface area contributed by atoms with Crippen molar-refractivity contribution in [1.29, 1.82) is 5.26 Å². The molecule has 2 rings (SSSR count). The van der Waals surface area contributed by atoms with Gasteiger partial charge in [0.15, 0.2) is 5.11 Å². The van der Waals surface area contributed by atoms with E-state index in [1.165, 1.54) is 4.88 Å². The second-order valence-corrected chi connectivity index (χ2v) is 9.60. The number of carbonyl (C=O) groups is 1. The molecule has 0 spiro atoms. The highest BCUT2D eigenvalue weighted by Gasteiger charge is 2.32. The van der Waals surface area contributed by atoms with E-state index in [1.807, 2.05) is 0 Å². The number of nitriles is 1. The molecule has 26 heavy (non-hydrogen) atoms. The van der Waals surface area contributed by atoms with Gasteiger partial charge in [0, 0.05) is 11.3 Å². The van der Waals surface area contributed by atoms with Gasteiger partial charge in [-0.15, -0.1) is 11.3 Å². The van der Waals surface area contributed by atoms with Gasteiger partial charge >= 0.3 is 0 Å². The van der Waals surface area contributed by atoms with E-state index in [9.17, 15) is 10.1 Å². The number of thiocarbonyl (C=S) groups is 1. The number of thiophene rings is 1. The van der Waals surface area contributed by atoms with Crippen LogP contribution in [-0.2, 0) is 17.6 Å². The van der Waals surface area contributed by atoms with Gasteiger partial charge in [0.2, 0.25) is 5.91 Å². The smallest absolute Gasteiger partial charge is 0.226 e. The first-order valence-electron chi connectivity index (χ1n) is 9.41. The highest BCUT2D eigenvalue weighted by Crippen LogP contribution is 2.43. The summed E-state index contributed by atoms with van der Waals surface area (Å²) < 4.78 is 0. The third-order valence-corrected chi connectivity index (χ3v) is 6.46. The Morgan fingerprint density at radius 2 is 2.12 bits per heavy atom. The number of anilines is 1. The monoisotopic (exact) mass is 391 g/mol. The minimum absolute atomic E-state index is 0.0661. The van der Waals surface area contributed by atoms with Crippen molar-refractivity contribution in [1.82, 2.24) is 5.32 Å². The summed E-state index contributed by atoms with van der Waals surface area (Å²) in [7, 11) is 0. The molecule has 0 aliphatic heterocycles. The molecule has 1 aliphatic rings. The van der Waals surface area contributed by atoms with E-state index in [1.54, 1.807) is 11.3 Å². The van der Waals surface area contributed by atoms with Gasteiger partial charge in [-0.2, -0.15) is 5.26 Å². The predicted molar refractivity (Wildman–Crippen MR) is 113 cm³/mol. The standard InChI is InChI=1S/C20H29N3OS2/c1-5-6-7-8-17(24)22-19(25)23-18-15(12-21)14-10-9-13(20(2,3)4)11-16(14)26-18/h13H,5-11H2,1-4H3,(H2,22,23,24,25)/t13-/m0/s1. The number of fused-ring (bicyclic) bond motifs is 1. The number of rotatable bonds is 5. The maximum atomic E-state index is 11.9. The normalized spacial score (nSPS) is 16.5. The average molecular weight is 392 g/mol. The number of nitrogens with one attached hydrogen (secondary N) is 2. The Hall–Kier alpha value is -1.45. The number of carbonyl (C=O) groups excluding carboxylic acids is 1. The van der Waals surface area contributed by atoms with Crippen LogP contribution in [0.1, 0.15) is 75.8 Å². The average Bonchev–Trinajstić information content (AvgIpc) is 2.89. The van der Waals surface area contributed by atoms with Crippen molar-refractivity contribution in [3.05, 3.63) is 16.0 Å². The van der Waals surface area contributed by atoms with Gasteiger partial charge in [-0.05, 0) is 54.8 Å². The molecule has 1 aromatic rings. The summed E-state index contributed by atoms with van der Waals surface area (Å²) in [6.45, 7) is 8.95. The van der Waals surface area contributed by atoms with Crippen LogP contribution in [0.5, 0.6) is 0 Å². The van der Waals surface area contributed by atoms with Gasteiger partial charge in [0.25, 0.3) is 0 Å². The molecule has 0 saturated carbocycles. The first-order valence-corrected chi connectivity index (χ1v) is 10.6. The molecule has 0 fully saturated rings. The lowest BCUT2D eigenvalue weighted by Gasteiger charge is -2.33. The second kappa shape index (κ2) is 8.96. The molecular formula is C20H29N3OS2. The molecule has 1 atom stereocenters. The van der Waals surface area contributed by atoms with Crippen molar-refractivity contribution in [2.24, 2.45) is 11.3 Å². The van der Waals surface area contributed by atoms with Crippen LogP contribution in [-0.4, -0.2) is 11.0 Å². The fourth-order valence-corrected chi connectivity index (χ4v) is 4.95. The Balaban J connectivity index is 2.05. The Labute approximate surface area is 166 Å². The maximum Gasteiger partial charge on any atom is 0.226 e. The minimum atomic E-state index is -0.0661. The lowest BCUT2D eigenvalue weighted by atomic mass is 9.72. The number of nitrogens with zero attached hydrogens (tertiary/aromatic N) is 1. The lowest BCUT2D eigenvalue weighted by Crippen LogP contribution is -2.33. The highest BCUT2D eigenvalue weighted by atomic mass is 32.1. The summed E-state index contributed by atoms with van der Waals surface area (Å²) in [5.74, 6) is 0.557. The molecule has 1 aromatic heterocycles. The van der Waals surface area contributed by atoms with Gasteiger partial charge in [-0.1, -0.05) is 40.5 Å². The van der Waals surface area contributed by atoms with Gasteiger partial charge in [0.1, 0.15) is 11.1 Å². The van der Waals surface area contributed by atoms with Crippen molar-refractivity contribution in [3.63, 3.8) is 0 Å². The zero-order chi connectivity index (χ0) is 19.3. The fourth-order valence-electron chi connectivity index (χ4n) is 3.39. The summed E-state index contributed by atoms with van der Waals surface area (Å²) >= 11 is 6.89. The molecular weight excluding hydrogens is 362 g/mol. The van der Waals surface area contributed by atoms with Gasteiger partial charge < -0.3 is 10.6 Å². The van der Waals surface area contributed by atoms with E-state index >= 15 is 0 Å². The van der Waals surface area contributed by atoms with E-state index in [2.05, 4.69) is 44.4 Å². The van der Waals surface area contributed by atoms with Crippen LogP contribution >= 0.6 is 23.6 Å². The Kier molecular flexibility index (Phi) is 7.19. The molecule has 0 saturated heterocycles. The largest absolute Gasteiger partial charge is 0.323 e. The van der Waals surface area contributed by atoms with Crippen LogP contribution in [0.25, 0.3) is 0 Å². The van der Waals surface area contributed by atoms with E-state index < -0.39 is 0 Å². The SMILES string of the molecule is CCCCCC(=O)NC(=S)Nc1sc2c(c1C#N)CC[C@H](C(C)(C)C)C2. The molecule has 0 radical (unpaired) electrons. The van der Waals surface area contributed by atoms with E-state index in [0.29, 0.717) is 17.9 Å². The number of hydrogen-bond acceptors (Lipinski definition) is 4. The summed E-state index contributed by atoms with van der Waals surface area (Å²) in [5, 5.41) is 16.5. The predicted octanol–water partition coefficient (Wildman–Crippen LogP) is 5.16. The van der Waals surface area contributed by atoms with Crippen LogP contribution in [0.4, 0.5) is 5.00 Å². The molecule has 0 aromatic carbocycles. The molecule has 2 N–H and O–H groups in total. The molecule has 6 heteroatoms. The summed E-state index contributed by atoms with van der Waals surface area (Å²) in [6, 6.07) is 2.33. The van der Waals surface area contributed by atoms with Crippen LogP contribution in [0.2, 0.25) is 0 Å². The van der Waals surface area contributed by atoms with E-state index in [-0.39, 0.29) is 16.4 Å². The topological polar surface area (TPSA) is 64.9 Å². The molecule has 4 nitrogen and oxygen atoms in total. The third-order valence-electron chi connectivity index (χ3n) is 5.09. The first kappa shape index (κ1) is 20.9. The number of unbranched alkanes of at least 4 members (excludes halogenated alkanes) is 2. The molecule has 142 valence electrons. The molecule has 1 amide bonds. The molecule has 0 unspecified atom stereocenters. The highest BCUT2D eigenvalue weighted by molar-refractivity contribution is 7.80. The molecule has 1 heterocycles. The Bertz CT molecular complexity index is 710. The summed E-state index contributed by atoms with van der Waals surface area (Å²) in [5.41, 5.74) is 2.13. The first-order chi connectivity index (χ1) is 12.3. The van der Waals surface area contributed by atoms with Crippen LogP contribution in [0.15, 0.2) is 0 Å². The van der Waals surface area contributed by atoms with E-state index in [0.717, 1.165) is 49.1 Å². The van der Waals surface area contributed by atoms with Crippen LogP contribution in [0.3, 0.4) is 0 Å². The third kappa shape index (κ3) is 5.28. The van der Waals surface area contributed by atoms with Crippen LogP contribution in [0, 0.1) is 22.7 Å². The van der Waals surface area contributed by atoms with Gasteiger partial charge in [-0.25, -0.2) is 0 Å². The Morgan fingerprint density at radius 1 is 1.38 bits per heavy atom. The summed E-state index contributed by atoms with van der Waals surface area (Å²) in [4.78, 5) is 13.2. The maximum absolute atomic E-state index is 11.9. The van der Waals surface area contributed by atoms with Crippen molar-refractivity contribution in [2.45, 2.75) is 72.6 Å². The van der Waals surface area contributed by atoms with Crippen LogP contribution < -0.4 is 10.6 Å². The van der Waals surface area contributed by atoms with Crippen molar-refractivity contribution >= 4 is 39.6 Å².